The fourth-order valence-corrected chi connectivity index (χ4v) is 4.96. The van der Waals surface area contributed by atoms with Crippen LogP contribution in [0.2, 0.25) is 0 Å². The number of hydrogen-bond donors (Lipinski definition) is 0. The van der Waals surface area contributed by atoms with Gasteiger partial charge in [0.05, 0.1) is 6.20 Å². The highest BCUT2D eigenvalue weighted by molar-refractivity contribution is 7.99. The van der Waals surface area contributed by atoms with Crippen molar-refractivity contribution in [1.82, 2.24) is 34.3 Å². The van der Waals surface area contributed by atoms with Crippen molar-refractivity contribution in [3.05, 3.63) is 73.5 Å². The molecule has 0 aliphatic carbocycles. The van der Waals surface area contributed by atoms with Crippen LogP contribution in [0.1, 0.15) is 0 Å². The number of aromatic nitrogens is 7. The Balaban J connectivity index is 1.15. The van der Waals surface area contributed by atoms with E-state index in [1.165, 1.54) is 17.8 Å². The van der Waals surface area contributed by atoms with Crippen molar-refractivity contribution in [2.24, 2.45) is 7.05 Å². The lowest BCUT2D eigenvalue weighted by Crippen LogP contribution is -2.47. The van der Waals surface area contributed by atoms with Crippen molar-refractivity contribution in [1.29, 1.82) is 0 Å². The molecule has 0 radical (unpaired) electrons. The van der Waals surface area contributed by atoms with Crippen LogP contribution in [0, 0.1) is 5.82 Å². The monoisotopic (exact) mass is 487 g/mol. The van der Waals surface area contributed by atoms with Crippen LogP contribution in [0.4, 0.5) is 16.2 Å². The predicted octanol–water partition coefficient (Wildman–Crippen LogP) is 3.54. The summed E-state index contributed by atoms with van der Waals surface area (Å²) < 4.78 is 17.6. The van der Waals surface area contributed by atoms with Crippen LogP contribution in [0.5, 0.6) is 0 Å². The number of halogens is 1. The largest absolute Gasteiger partial charge is 0.351 e. The van der Waals surface area contributed by atoms with Gasteiger partial charge in [0, 0.05) is 78.9 Å². The van der Waals surface area contributed by atoms with Crippen LogP contribution in [-0.4, -0.2) is 60.5 Å². The van der Waals surface area contributed by atoms with Gasteiger partial charge in [-0.15, -0.1) is 0 Å². The van der Waals surface area contributed by atoms with E-state index in [2.05, 4.69) is 41.0 Å². The van der Waals surface area contributed by atoms with Gasteiger partial charge in [-0.1, -0.05) is 23.9 Å². The molecule has 0 spiro atoms. The zero-order valence-electron chi connectivity index (χ0n) is 19.0. The highest BCUT2D eigenvalue weighted by Crippen LogP contribution is 2.30. The molecule has 9 nitrogen and oxygen atoms in total. The van der Waals surface area contributed by atoms with E-state index in [1.54, 1.807) is 35.5 Å². The van der Waals surface area contributed by atoms with E-state index in [-0.39, 0.29) is 5.82 Å². The van der Waals surface area contributed by atoms with Gasteiger partial charge in [-0.25, -0.2) is 23.9 Å². The third-order valence-electron chi connectivity index (χ3n) is 5.96. The number of anilines is 2. The van der Waals surface area contributed by atoms with Crippen molar-refractivity contribution in [2.45, 2.75) is 9.79 Å². The molecule has 0 N–H and O–H groups in total. The Hall–Kier alpha value is -3.99. The van der Waals surface area contributed by atoms with Crippen molar-refractivity contribution >= 4 is 29.0 Å². The Morgan fingerprint density at radius 3 is 2.37 bits per heavy atom. The smallest absolute Gasteiger partial charge is 0.225 e. The van der Waals surface area contributed by atoms with Crippen LogP contribution in [0.25, 0.3) is 16.6 Å². The standard InChI is InChI=1S/C24H22FN9S/c1-31-14-18(11-29-31)17-10-21-23(28-16-30-34(21)15-17)32-6-8-33(9-7-32)24-26-12-19(13-27-24)35-22-5-3-2-4-20(22)25/h2-5,10-16H,6-9H2,1H3. The highest BCUT2D eigenvalue weighted by atomic mass is 32.2. The lowest BCUT2D eigenvalue weighted by atomic mass is 10.2. The van der Waals surface area contributed by atoms with E-state index in [0.717, 1.165) is 53.5 Å². The van der Waals surface area contributed by atoms with Crippen molar-refractivity contribution in [2.75, 3.05) is 36.0 Å². The highest BCUT2D eigenvalue weighted by Gasteiger charge is 2.22. The lowest BCUT2D eigenvalue weighted by Gasteiger charge is -2.35. The van der Waals surface area contributed by atoms with E-state index in [0.29, 0.717) is 10.8 Å². The van der Waals surface area contributed by atoms with Crippen LogP contribution >= 0.6 is 11.8 Å². The maximum atomic E-state index is 13.9. The minimum Gasteiger partial charge on any atom is -0.351 e. The van der Waals surface area contributed by atoms with Gasteiger partial charge >= 0.3 is 0 Å². The molecule has 176 valence electrons. The zero-order valence-corrected chi connectivity index (χ0v) is 19.8. The van der Waals surface area contributed by atoms with E-state index >= 15 is 0 Å². The molecule has 1 aliphatic heterocycles. The van der Waals surface area contributed by atoms with Gasteiger partial charge in [0.25, 0.3) is 0 Å². The molecule has 5 aromatic rings. The molecule has 0 amide bonds. The first kappa shape index (κ1) is 21.5. The van der Waals surface area contributed by atoms with Crippen molar-refractivity contribution in [3.63, 3.8) is 0 Å². The summed E-state index contributed by atoms with van der Waals surface area (Å²) in [6, 6.07) is 8.81. The second-order valence-electron chi connectivity index (χ2n) is 8.27. The van der Waals surface area contributed by atoms with Gasteiger partial charge in [0.15, 0.2) is 5.82 Å². The first-order chi connectivity index (χ1) is 17.1. The van der Waals surface area contributed by atoms with Gasteiger partial charge in [-0.3, -0.25) is 4.68 Å². The normalized spacial score (nSPS) is 14.1. The molecule has 1 fully saturated rings. The first-order valence-electron chi connectivity index (χ1n) is 11.2. The average Bonchev–Trinajstić information content (AvgIpc) is 3.52. The van der Waals surface area contributed by atoms with Crippen LogP contribution in [0.3, 0.4) is 0 Å². The maximum Gasteiger partial charge on any atom is 0.225 e. The summed E-state index contributed by atoms with van der Waals surface area (Å²) in [5.41, 5.74) is 3.06. The minimum absolute atomic E-state index is 0.243. The third kappa shape index (κ3) is 4.30. The maximum absolute atomic E-state index is 13.9. The number of aryl methyl sites for hydroxylation is 1. The Bertz CT molecular complexity index is 1470. The van der Waals surface area contributed by atoms with Crippen LogP contribution in [0.15, 0.2) is 77.4 Å². The SMILES string of the molecule is Cn1cc(-c2cc3c(N4CCN(c5ncc(Sc6ccccc6F)cn5)CC4)ncnn3c2)cn1. The average molecular weight is 488 g/mol. The van der Waals surface area contributed by atoms with Crippen LogP contribution in [-0.2, 0) is 7.05 Å². The van der Waals surface area contributed by atoms with E-state index in [9.17, 15) is 4.39 Å². The van der Waals surface area contributed by atoms with Gasteiger partial charge < -0.3 is 9.80 Å². The molecule has 0 atom stereocenters. The van der Waals surface area contributed by atoms with Gasteiger partial charge in [0.1, 0.15) is 17.7 Å². The summed E-state index contributed by atoms with van der Waals surface area (Å²) in [6.45, 7) is 3.11. The minimum atomic E-state index is -0.243. The molecule has 35 heavy (non-hydrogen) atoms. The Labute approximate surface area is 205 Å². The molecular formula is C24H22FN9S. The summed E-state index contributed by atoms with van der Waals surface area (Å²) >= 11 is 1.32. The Morgan fingerprint density at radius 2 is 1.63 bits per heavy atom. The second-order valence-corrected chi connectivity index (χ2v) is 9.39. The Kier molecular flexibility index (Phi) is 5.53. The predicted molar refractivity (Wildman–Crippen MR) is 132 cm³/mol. The van der Waals surface area contributed by atoms with Gasteiger partial charge in [-0.05, 0) is 18.2 Å². The summed E-state index contributed by atoms with van der Waals surface area (Å²) in [4.78, 5) is 19.4. The molecule has 5 heterocycles. The number of rotatable bonds is 5. The molecule has 6 rings (SSSR count). The first-order valence-corrected chi connectivity index (χ1v) is 12.0. The molecule has 1 aromatic carbocycles. The summed E-state index contributed by atoms with van der Waals surface area (Å²) in [7, 11) is 1.91. The topological polar surface area (TPSA) is 80.3 Å². The number of nitrogens with zero attached hydrogens (tertiary/aromatic N) is 9. The van der Waals surface area contributed by atoms with E-state index in [1.807, 2.05) is 36.2 Å². The fraction of sp³-hybridized carbons (Fsp3) is 0.208. The molecule has 1 aliphatic rings. The Morgan fingerprint density at radius 1 is 0.857 bits per heavy atom. The molecule has 0 unspecified atom stereocenters. The van der Waals surface area contributed by atoms with E-state index < -0.39 is 0 Å². The van der Waals surface area contributed by atoms with Gasteiger partial charge in [0.2, 0.25) is 5.95 Å². The quantitative estimate of drug-likeness (QED) is 0.373. The zero-order chi connectivity index (χ0) is 23.8. The number of benzene rings is 1. The fourth-order valence-electron chi connectivity index (χ4n) is 4.19. The van der Waals surface area contributed by atoms with Crippen molar-refractivity contribution < 1.29 is 4.39 Å². The molecule has 11 heteroatoms. The van der Waals surface area contributed by atoms with Gasteiger partial charge in [-0.2, -0.15) is 10.2 Å². The summed E-state index contributed by atoms with van der Waals surface area (Å²) in [5, 5.41) is 8.66. The number of hydrogen-bond acceptors (Lipinski definition) is 8. The van der Waals surface area contributed by atoms with Crippen molar-refractivity contribution in [3.8, 4) is 11.1 Å². The molecule has 1 saturated heterocycles. The van der Waals surface area contributed by atoms with Crippen LogP contribution < -0.4 is 9.80 Å². The summed E-state index contributed by atoms with van der Waals surface area (Å²) in [5.74, 6) is 1.34. The number of piperazine rings is 1. The molecule has 0 saturated carbocycles. The summed E-state index contributed by atoms with van der Waals surface area (Å²) in [6.07, 6.45) is 10.9. The third-order valence-corrected chi connectivity index (χ3v) is 6.96. The lowest BCUT2D eigenvalue weighted by molar-refractivity contribution is 0.602. The second kappa shape index (κ2) is 8.99. The van der Waals surface area contributed by atoms with E-state index in [4.69, 9.17) is 0 Å². The molecular weight excluding hydrogens is 465 g/mol. The molecule has 0 bridgehead atoms. The number of fused-ring (bicyclic) bond motifs is 1. The molecule has 4 aromatic heterocycles.